The van der Waals surface area contributed by atoms with Crippen LogP contribution < -0.4 is 21.3 Å². The molecule has 2 amide bonds. The number of anilines is 3. The molecule has 34 heavy (non-hydrogen) atoms. The molecule has 5 aliphatic carbocycles. The minimum atomic E-state index is -0.170. The van der Waals surface area contributed by atoms with E-state index in [1.807, 2.05) is 24.3 Å². The van der Waals surface area contributed by atoms with Crippen molar-refractivity contribution < 1.29 is 9.59 Å². The second kappa shape index (κ2) is 8.64. The molecule has 2 aromatic carbocycles. The van der Waals surface area contributed by atoms with E-state index in [4.69, 9.17) is 0 Å². The quantitative estimate of drug-likeness (QED) is 0.448. The van der Waals surface area contributed by atoms with Gasteiger partial charge in [-0.25, -0.2) is 0 Å². The molecule has 0 radical (unpaired) electrons. The van der Waals surface area contributed by atoms with Gasteiger partial charge in [0.15, 0.2) is 0 Å². The van der Waals surface area contributed by atoms with Crippen LogP contribution in [0.5, 0.6) is 0 Å². The Morgan fingerprint density at radius 1 is 0.794 bits per heavy atom. The van der Waals surface area contributed by atoms with Gasteiger partial charge in [-0.1, -0.05) is 24.3 Å². The highest BCUT2D eigenvalue weighted by Gasteiger charge is 2.51. The molecule has 5 fully saturated rings. The van der Waals surface area contributed by atoms with E-state index in [-0.39, 0.29) is 29.9 Å². The van der Waals surface area contributed by atoms with Crippen LogP contribution in [0.2, 0.25) is 0 Å². The summed E-state index contributed by atoms with van der Waals surface area (Å²) in [5.41, 5.74) is 3.30. The highest BCUT2D eigenvalue weighted by molar-refractivity contribution is 6.04. The summed E-state index contributed by atoms with van der Waals surface area (Å²) in [5, 5.41) is 13.2. The zero-order valence-electron chi connectivity index (χ0n) is 19.6. The van der Waals surface area contributed by atoms with E-state index in [1.54, 1.807) is 12.1 Å². The Morgan fingerprint density at radius 3 is 2.03 bits per heavy atom. The van der Waals surface area contributed by atoms with E-state index in [1.165, 1.54) is 38.5 Å². The molecule has 0 unspecified atom stereocenters. The SMILES string of the molecule is O=C(CNc1ccccc1NC12CC3CC(CC(C3)C1)C2)Nc1ccccc1C(=O)NC1CC1. The number of carbonyl (C=O) groups is 2. The molecule has 178 valence electrons. The van der Waals surface area contributed by atoms with Crippen molar-refractivity contribution >= 4 is 28.9 Å². The Kier molecular flexibility index (Phi) is 5.47. The molecule has 4 N–H and O–H groups in total. The lowest BCUT2D eigenvalue weighted by molar-refractivity contribution is -0.114. The fraction of sp³-hybridized carbons (Fsp3) is 0.500. The topological polar surface area (TPSA) is 82.3 Å². The summed E-state index contributed by atoms with van der Waals surface area (Å²) in [6.07, 6.45) is 10.1. The van der Waals surface area contributed by atoms with Crippen molar-refractivity contribution in [3.63, 3.8) is 0 Å². The summed E-state index contributed by atoms with van der Waals surface area (Å²) in [6, 6.07) is 15.7. The van der Waals surface area contributed by atoms with Gasteiger partial charge >= 0.3 is 0 Å². The Balaban J connectivity index is 1.10. The molecule has 4 bridgehead atoms. The molecule has 2 aromatic rings. The number of carbonyl (C=O) groups excluding carboxylic acids is 2. The van der Waals surface area contributed by atoms with Gasteiger partial charge in [-0.05, 0) is 93.4 Å². The average Bonchev–Trinajstić information content (AvgIpc) is 3.62. The van der Waals surface area contributed by atoms with Gasteiger partial charge < -0.3 is 21.3 Å². The third-order valence-electron chi connectivity index (χ3n) is 8.16. The molecule has 6 nitrogen and oxygen atoms in total. The van der Waals surface area contributed by atoms with Gasteiger partial charge in [0.2, 0.25) is 5.91 Å². The standard InChI is InChI=1S/C28H34N4O2/c33-26(31-23-6-2-1-5-22(23)27(34)30-21-9-10-21)17-29-24-7-3-4-8-25(24)32-28-14-18-11-19(15-28)13-20(12-18)16-28/h1-8,18-21,29,32H,9-17H2,(H,30,34)(H,31,33). The summed E-state index contributed by atoms with van der Waals surface area (Å²) in [7, 11) is 0. The molecule has 0 atom stereocenters. The van der Waals surface area contributed by atoms with Crippen molar-refractivity contribution in [3.05, 3.63) is 54.1 Å². The van der Waals surface area contributed by atoms with Gasteiger partial charge in [0.1, 0.15) is 0 Å². The summed E-state index contributed by atoms with van der Waals surface area (Å²) in [4.78, 5) is 25.3. The third kappa shape index (κ3) is 4.50. The van der Waals surface area contributed by atoms with Crippen LogP contribution in [0.4, 0.5) is 17.1 Å². The predicted molar refractivity (Wildman–Crippen MR) is 135 cm³/mol. The molecule has 5 aliphatic rings. The van der Waals surface area contributed by atoms with Crippen LogP contribution in [0.1, 0.15) is 61.7 Å². The van der Waals surface area contributed by atoms with Gasteiger partial charge in [0.05, 0.1) is 29.2 Å². The lowest BCUT2D eigenvalue weighted by Crippen LogP contribution is -2.54. The van der Waals surface area contributed by atoms with E-state index in [2.05, 4.69) is 33.4 Å². The van der Waals surface area contributed by atoms with Crippen LogP contribution in [0.15, 0.2) is 48.5 Å². The summed E-state index contributed by atoms with van der Waals surface area (Å²) < 4.78 is 0. The average molecular weight is 459 g/mol. The largest absolute Gasteiger partial charge is 0.378 e. The highest BCUT2D eigenvalue weighted by atomic mass is 16.2. The number of rotatable bonds is 8. The van der Waals surface area contributed by atoms with Crippen molar-refractivity contribution in [2.24, 2.45) is 17.8 Å². The van der Waals surface area contributed by atoms with Gasteiger partial charge in [-0.15, -0.1) is 0 Å². The van der Waals surface area contributed by atoms with Crippen LogP contribution >= 0.6 is 0 Å². The Hall–Kier alpha value is -3.02. The van der Waals surface area contributed by atoms with Crippen molar-refractivity contribution in [2.75, 3.05) is 22.5 Å². The van der Waals surface area contributed by atoms with Crippen molar-refractivity contribution in [1.29, 1.82) is 0 Å². The molecule has 7 rings (SSSR count). The second-order valence-electron chi connectivity index (χ2n) is 11.1. The maximum Gasteiger partial charge on any atom is 0.253 e. The zero-order valence-corrected chi connectivity index (χ0v) is 19.6. The number of amides is 2. The lowest BCUT2D eigenvalue weighted by Gasteiger charge is -2.57. The maximum atomic E-state index is 12.8. The molecule has 0 aromatic heterocycles. The molecule has 5 saturated carbocycles. The maximum absolute atomic E-state index is 12.8. The second-order valence-corrected chi connectivity index (χ2v) is 11.1. The van der Waals surface area contributed by atoms with E-state index in [9.17, 15) is 9.59 Å². The van der Waals surface area contributed by atoms with Gasteiger partial charge in [0, 0.05) is 11.6 Å². The predicted octanol–water partition coefficient (Wildman–Crippen LogP) is 5.01. The van der Waals surface area contributed by atoms with Crippen LogP contribution in [-0.4, -0.2) is 29.9 Å². The van der Waals surface area contributed by atoms with Crippen LogP contribution in [0, 0.1) is 17.8 Å². The number of benzene rings is 2. The van der Waals surface area contributed by atoms with Gasteiger partial charge in [-0.2, -0.15) is 0 Å². The first-order valence-electron chi connectivity index (χ1n) is 12.9. The van der Waals surface area contributed by atoms with Crippen molar-refractivity contribution in [2.45, 2.75) is 62.9 Å². The highest BCUT2D eigenvalue weighted by Crippen LogP contribution is 2.56. The lowest BCUT2D eigenvalue weighted by atomic mass is 9.53. The van der Waals surface area contributed by atoms with Crippen molar-refractivity contribution in [1.82, 2.24) is 5.32 Å². The molecule has 0 aliphatic heterocycles. The third-order valence-corrected chi connectivity index (χ3v) is 8.16. The van der Waals surface area contributed by atoms with Gasteiger partial charge in [0.25, 0.3) is 5.91 Å². The molecule has 0 saturated heterocycles. The summed E-state index contributed by atoms with van der Waals surface area (Å²) in [5.74, 6) is 2.33. The Morgan fingerprint density at radius 2 is 1.38 bits per heavy atom. The Bertz CT molecular complexity index is 1060. The monoisotopic (exact) mass is 458 g/mol. The van der Waals surface area contributed by atoms with Crippen LogP contribution in [0.25, 0.3) is 0 Å². The molecular formula is C28H34N4O2. The first-order chi connectivity index (χ1) is 16.6. The zero-order chi connectivity index (χ0) is 23.1. The summed E-state index contributed by atoms with van der Waals surface area (Å²) in [6.45, 7) is 0.137. The van der Waals surface area contributed by atoms with Crippen molar-refractivity contribution in [3.8, 4) is 0 Å². The fourth-order valence-corrected chi connectivity index (χ4v) is 6.95. The van der Waals surface area contributed by atoms with E-state index < -0.39 is 0 Å². The normalized spacial score (nSPS) is 28.9. The van der Waals surface area contributed by atoms with Crippen LogP contribution in [-0.2, 0) is 4.79 Å². The molecule has 0 heterocycles. The first kappa shape index (κ1) is 21.5. The number of nitrogens with one attached hydrogen (secondary N) is 4. The smallest absolute Gasteiger partial charge is 0.253 e. The van der Waals surface area contributed by atoms with Crippen LogP contribution in [0.3, 0.4) is 0 Å². The molecule has 0 spiro atoms. The first-order valence-corrected chi connectivity index (χ1v) is 12.9. The fourth-order valence-electron chi connectivity index (χ4n) is 6.95. The number of para-hydroxylation sites is 3. The van der Waals surface area contributed by atoms with Gasteiger partial charge in [-0.3, -0.25) is 9.59 Å². The Labute approximate surface area is 201 Å². The minimum Gasteiger partial charge on any atom is -0.378 e. The molecule has 6 heteroatoms. The van der Waals surface area contributed by atoms with E-state index in [0.29, 0.717) is 11.3 Å². The summed E-state index contributed by atoms with van der Waals surface area (Å²) >= 11 is 0. The number of hydrogen-bond donors (Lipinski definition) is 4. The molecular weight excluding hydrogens is 424 g/mol. The number of hydrogen-bond acceptors (Lipinski definition) is 4. The minimum absolute atomic E-state index is 0.128. The van der Waals surface area contributed by atoms with E-state index in [0.717, 1.165) is 42.0 Å². The van der Waals surface area contributed by atoms with E-state index >= 15 is 0 Å².